The Morgan fingerprint density at radius 3 is 2.09 bits per heavy atom. The van der Waals surface area contributed by atoms with E-state index in [1.807, 2.05) is 0 Å². The van der Waals surface area contributed by atoms with E-state index in [1.165, 1.54) is 25.7 Å². The molecule has 3 fully saturated rings. The summed E-state index contributed by atoms with van der Waals surface area (Å²) < 4.78 is 0. The van der Waals surface area contributed by atoms with E-state index in [-0.39, 0.29) is 11.8 Å². The van der Waals surface area contributed by atoms with E-state index in [4.69, 9.17) is 5.73 Å². The maximum atomic E-state index is 11.0. The lowest BCUT2D eigenvalue weighted by atomic mass is 9.64. The molecule has 3 saturated carbocycles. The summed E-state index contributed by atoms with van der Waals surface area (Å²) in [7, 11) is 0. The fraction of sp³-hybridized carbons (Fsp3) is 0.889. The van der Waals surface area contributed by atoms with Gasteiger partial charge in [0.2, 0.25) is 5.91 Å². The lowest BCUT2D eigenvalue weighted by molar-refractivity contribution is -0.126. The van der Waals surface area contributed by atoms with Crippen LogP contribution in [0.25, 0.3) is 0 Å². The number of hydrogen-bond donors (Lipinski definition) is 1. The second kappa shape index (κ2) is 2.50. The van der Waals surface area contributed by atoms with Gasteiger partial charge in [-0.15, -0.1) is 0 Å². The standard InChI is InChI=1S/C9H15NO/c10-9(11)8-5-6-1-3-7(8)4-2-6/h6-8H,1-5H2,(H2,10,11). The van der Waals surface area contributed by atoms with E-state index in [2.05, 4.69) is 0 Å². The predicted octanol–water partition coefficient (Wildman–Crippen LogP) is 1.30. The van der Waals surface area contributed by atoms with Gasteiger partial charge in [-0.1, -0.05) is 12.8 Å². The summed E-state index contributed by atoms with van der Waals surface area (Å²) >= 11 is 0. The molecule has 0 aliphatic heterocycles. The Morgan fingerprint density at radius 1 is 1.18 bits per heavy atom. The molecule has 0 spiro atoms. The van der Waals surface area contributed by atoms with Crippen LogP contribution in [0.15, 0.2) is 0 Å². The number of carbonyl (C=O) groups excluding carboxylic acids is 1. The first-order valence-electron chi connectivity index (χ1n) is 4.56. The molecular weight excluding hydrogens is 138 g/mol. The second-order valence-corrected chi connectivity index (χ2v) is 4.03. The molecule has 3 aliphatic rings. The number of carbonyl (C=O) groups is 1. The number of rotatable bonds is 1. The van der Waals surface area contributed by atoms with E-state index in [0.717, 1.165) is 12.3 Å². The molecule has 3 aliphatic carbocycles. The number of primary amides is 1. The van der Waals surface area contributed by atoms with Crippen LogP contribution in [0.2, 0.25) is 0 Å². The molecule has 2 nitrogen and oxygen atoms in total. The van der Waals surface area contributed by atoms with Crippen LogP contribution in [0.1, 0.15) is 32.1 Å². The first-order valence-corrected chi connectivity index (χ1v) is 4.56. The van der Waals surface area contributed by atoms with Gasteiger partial charge in [0, 0.05) is 5.92 Å². The van der Waals surface area contributed by atoms with Gasteiger partial charge in [-0.2, -0.15) is 0 Å². The van der Waals surface area contributed by atoms with E-state index in [9.17, 15) is 4.79 Å². The van der Waals surface area contributed by atoms with Crippen LogP contribution in [0.5, 0.6) is 0 Å². The molecule has 1 unspecified atom stereocenters. The van der Waals surface area contributed by atoms with Gasteiger partial charge in [0.1, 0.15) is 0 Å². The second-order valence-electron chi connectivity index (χ2n) is 4.03. The van der Waals surface area contributed by atoms with Crippen molar-refractivity contribution in [2.45, 2.75) is 32.1 Å². The molecule has 0 aromatic rings. The van der Waals surface area contributed by atoms with Crippen molar-refractivity contribution in [3.63, 3.8) is 0 Å². The van der Waals surface area contributed by atoms with Crippen molar-refractivity contribution in [3.05, 3.63) is 0 Å². The molecule has 1 atom stereocenters. The third-order valence-electron chi connectivity index (χ3n) is 3.41. The molecule has 2 N–H and O–H groups in total. The molecule has 2 heteroatoms. The van der Waals surface area contributed by atoms with Gasteiger partial charge in [-0.25, -0.2) is 0 Å². The SMILES string of the molecule is NC(=O)C1CC2CCC1CC2. The van der Waals surface area contributed by atoms with Crippen LogP contribution in [-0.4, -0.2) is 5.91 Å². The van der Waals surface area contributed by atoms with E-state index in [0.29, 0.717) is 5.92 Å². The molecule has 2 bridgehead atoms. The number of fused-ring (bicyclic) bond motifs is 3. The zero-order valence-electron chi connectivity index (χ0n) is 6.75. The Labute approximate surface area is 67.1 Å². The highest BCUT2D eigenvalue weighted by Gasteiger charge is 2.38. The van der Waals surface area contributed by atoms with Gasteiger partial charge in [0.25, 0.3) is 0 Å². The van der Waals surface area contributed by atoms with Gasteiger partial charge in [0.15, 0.2) is 0 Å². The third-order valence-corrected chi connectivity index (χ3v) is 3.41. The fourth-order valence-electron chi connectivity index (χ4n) is 2.73. The number of hydrogen-bond acceptors (Lipinski definition) is 1. The third kappa shape index (κ3) is 1.15. The van der Waals surface area contributed by atoms with Gasteiger partial charge in [0.05, 0.1) is 0 Å². The Hall–Kier alpha value is -0.530. The van der Waals surface area contributed by atoms with E-state index >= 15 is 0 Å². The average molecular weight is 153 g/mol. The van der Waals surface area contributed by atoms with Gasteiger partial charge >= 0.3 is 0 Å². The Morgan fingerprint density at radius 2 is 1.82 bits per heavy atom. The highest BCUT2D eigenvalue weighted by molar-refractivity contribution is 5.77. The van der Waals surface area contributed by atoms with Crippen LogP contribution >= 0.6 is 0 Å². The summed E-state index contributed by atoms with van der Waals surface area (Å²) in [6.45, 7) is 0. The van der Waals surface area contributed by atoms with Crippen molar-refractivity contribution < 1.29 is 4.79 Å². The van der Waals surface area contributed by atoms with Crippen molar-refractivity contribution in [1.29, 1.82) is 0 Å². The minimum Gasteiger partial charge on any atom is -0.369 e. The topological polar surface area (TPSA) is 43.1 Å². The van der Waals surface area contributed by atoms with Crippen molar-refractivity contribution in [2.24, 2.45) is 23.5 Å². The Kier molecular flexibility index (Phi) is 1.63. The lowest BCUT2D eigenvalue weighted by Gasteiger charge is -2.40. The van der Waals surface area contributed by atoms with Crippen LogP contribution < -0.4 is 5.73 Å². The molecular formula is C9H15NO. The molecule has 0 aromatic heterocycles. The minimum absolute atomic E-state index is 0.0561. The molecule has 0 aromatic carbocycles. The van der Waals surface area contributed by atoms with E-state index < -0.39 is 0 Å². The Bertz CT molecular complexity index is 170. The molecule has 1 amide bonds. The van der Waals surface area contributed by atoms with E-state index in [1.54, 1.807) is 0 Å². The fourth-order valence-corrected chi connectivity index (χ4v) is 2.73. The summed E-state index contributed by atoms with van der Waals surface area (Å²) in [5.41, 5.74) is 5.31. The van der Waals surface area contributed by atoms with Crippen LogP contribution in [0, 0.1) is 17.8 Å². The summed E-state index contributed by atoms with van der Waals surface area (Å²) in [6.07, 6.45) is 6.26. The molecule has 62 valence electrons. The largest absolute Gasteiger partial charge is 0.369 e. The normalized spacial score (nSPS) is 42.4. The monoisotopic (exact) mass is 153 g/mol. The van der Waals surface area contributed by atoms with Crippen molar-refractivity contribution >= 4 is 5.91 Å². The van der Waals surface area contributed by atoms with Crippen LogP contribution in [-0.2, 0) is 4.79 Å². The predicted molar refractivity (Wildman–Crippen MR) is 42.7 cm³/mol. The van der Waals surface area contributed by atoms with Crippen LogP contribution in [0.4, 0.5) is 0 Å². The molecule has 11 heavy (non-hydrogen) atoms. The quantitative estimate of drug-likeness (QED) is 0.606. The molecule has 0 saturated heterocycles. The number of amides is 1. The first kappa shape index (κ1) is 7.14. The molecule has 3 rings (SSSR count). The summed E-state index contributed by atoms with van der Waals surface area (Å²) in [5, 5.41) is 0. The summed E-state index contributed by atoms with van der Waals surface area (Å²) in [4.78, 5) is 11.0. The first-order chi connectivity index (χ1) is 5.27. The molecule has 0 heterocycles. The lowest BCUT2D eigenvalue weighted by Crippen LogP contribution is -2.39. The van der Waals surface area contributed by atoms with Crippen molar-refractivity contribution in [3.8, 4) is 0 Å². The zero-order valence-corrected chi connectivity index (χ0v) is 6.75. The molecule has 0 radical (unpaired) electrons. The maximum absolute atomic E-state index is 11.0. The van der Waals surface area contributed by atoms with Crippen molar-refractivity contribution in [1.82, 2.24) is 0 Å². The van der Waals surface area contributed by atoms with Crippen LogP contribution in [0.3, 0.4) is 0 Å². The zero-order chi connectivity index (χ0) is 7.84. The number of nitrogens with two attached hydrogens (primary N) is 1. The van der Waals surface area contributed by atoms with Crippen molar-refractivity contribution in [2.75, 3.05) is 0 Å². The average Bonchev–Trinajstić information content (AvgIpc) is 2.06. The smallest absolute Gasteiger partial charge is 0.220 e. The Balaban J connectivity index is 2.08. The minimum atomic E-state index is -0.0561. The highest BCUT2D eigenvalue weighted by Crippen LogP contribution is 2.44. The summed E-state index contributed by atoms with van der Waals surface area (Å²) in [6, 6.07) is 0. The summed E-state index contributed by atoms with van der Waals surface area (Å²) in [5.74, 6) is 1.62. The highest BCUT2D eigenvalue weighted by atomic mass is 16.1. The van der Waals surface area contributed by atoms with Gasteiger partial charge in [-0.3, -0.25) is 4.79 Å². The van der Waals surface area contributed by atoms with Gasteiger partial charge < -0.3 is 5.73 Å². The maximum Gasteiger partial charge on any atom is 0.220 e. The van der Waals surface area contributed by atoms with Gasteiger partial charge in [-0.05, 0) is 31.1 Å².